The minimum absolute atomic E-state index is 0. The van der Waals surface area contributed by atoms with Crippen LogP contribution in [-0.2, 0) is 14.3 Å². The number of aliphatic carboxylic acids is 1. The summed E-state index contributed by atoms with van der Waals surface area (Å²) in [6, 6.07) is 0. The van der Waals surface area contributed by atoms with Gasteiger partial charge in [-0.2, -0.15) is 0 Å². The third-order valence-corrected chi connectivity index (χ3v) is 0.394. The molecule has 0 fully saturated rings. The van der Waals surface area contributed by atoms with Crippen LogP contribution in [0, 0.1) is 0 Å². The molecule has 0 radical (unpaired) electrons. The average Bonchev–Trinajstić information content (AvgIpc) is 1.85. The minimum atomic E-state index is -0.833. The first-order valence-corrected chi connectivity index (χ1v) is 2.51. The number of hydrogen-bond donors (Lipinski definition) is 2. The summed E-state index contributed by atoms with van der Waals surface area (Å²) in [5.41, 5.74) is 4.81. The SMILES string of the molecule is CC(=O)O.COC(=O)CN.[NaH].[NaH]. The second-order valence-corrected chi connectivity index (χ2v) is 1.30. The van der Waals surface area contributed by atoms with Crippen molar-refractivity contribution in [3.05, 3.63) is 0 Å². The van der Waals surface area contributed by atoms with Gasteiger partial charge < -0.3 is 15.6 Å². The van der Waals surface area contributed by atoms with Gasteiger partial charge in [0.05, 0.1) is 13.7 Å². The summed E-state index contributed by atoms with van der Waals surface area (Å²) < 4.78 is 4.14. The fraction of sp³-hybridized carbons (Fsp3) is 0.600. The zero-order chi connectivity index (χ0) is 8.57. The van der Waals surface area contributed by atoms with Crippen molar-refractivity contribution >= 4 is 71.1 Å². The van der Waals surface area contributed by atoms with Crippen molar-refractivity contribution in [2.24, 2.45) is 5.73 Å². The second-order valence-electron chi connectivity index (χ2n) is 1.30. The number of carboxylic acids is 1. The second kappa shape index (κ2) is 17.8. The molecule has 0 aromatic rings. The van der Waals surface area contributed by atoms with E-state index >= 15 is 0 Å². The summed E-state index contributed by atoms with van der Waals surface area (Å²) in [6.45, 7) is 1.05. The number of carbonyl (C=O) groups is 2. The van der Waals surface area contributed by atoms with Crippen molar-refractivity contribution in [3.8, 4) is 0 Å². The third-order valence-electron chi connectivity index (χ3n) is 0.394. The number of hydrogen-bond acceptors (Lipinski definition) is 4. The van der Waals surface area contributed by atoms with Crippen LogP contribution in [-0.4, -0.2) is 89.8 Å². The maximum atomic E-state index is 9.83. The van der Waals surface area contributed by atoms with Gasteiger partial charge in [-0.1, -0.05) is 0 Å². The molecule has 12 heavy (non-hydrogen) atoms. The quantitative estimate of drug-likeness (QED) is 0.371. The monoisotopic (exact) mass is 197 g/mol. The fourth-order valence-electron chi connectivity index (χ4n) is 0.0833. The Morgan fingerprint density at radius 2 is 1.67 bits per heavy atom. The Labute approximate surface area is 116 Å². The number of esters is 1. The Morgan fingerprint density at radius 3 is 1.67 bits per heavy atom. The molecule has 0 heterocycles. The van der Waals surface area contributed by atoms with Crippen LogP contribution in [0.15, 0.2) is 0 Å². The molecule has 5 nitrogen and oxygen atoms in total. The topological polar surface area (TPSA) is 89.6 Å². The van der Waals surface area contributed by atoms with Gasteiger partial charge in [-0.05, 0) is 0 Å². The van der Waals surface area contributed by atoms with Crippen molar-refractivity contribution in [3.63, 3.8) is 0 Å². The van der Waals surface area contributed by atoms with E-state index in [9.17, 15) is 4.79 Å². The van der Waals surface area contributed by atoms with Crippen molar-refractivity contribution in [1.82, 2.24) is 0 Å². The van der Waals surface area contributed by atoms with Gasteiger partial charge in [0.15, 0.2) is 0 Å². The molecule has 0 saturated heterocycles. The number of carboxylic acid groups (broad SMARTS) is 1. The van der Waals surface area contributed by atoms with E-state index in [-0.39, 0.29) is 71.6 Å². The van der Waals surface area contributed by atoms with E-state index < -0.39 is 5.97 Å². The molecule has 0 aromatic heterocycles. The van der Waals surface area contributed by atoms with Crippen LogP contribution in [0.2, 0.25) is 0 Å². The standard InChI is InChI=1S/C3H7NO2.C2H4O2.2Na.2H/c1-6-3(5)2-4;1-2(3)4;;;;/h2,4H2,1H3;1H3,(H,3,4);;;;. The number of rotatable bonds is 1. The number of carbonyl (C=O) groups excluding carboxylic acids is 1. The molecule has 0 rings (SSSR count). The molecule has 0 amide bonds. The van der Waals surface area contributed by atoms with Crippen LogP contribution in [0.3, 0.4) is 0 Å². The van der Waals surface area contributed by atoms with Crippen LogP contribution >= 0.6 is 0 Å². The molecule has 0 aliphatic carbocycles. The summed E-state index contributed by atoms with van der Waals surface area (Å²) in [5.74, 6) is -1.21. The first-order chi connectivity index (χ1) is 4.54. The molecule has 3 N–H and O–H groups in total. The van der Waals surface area contributed by atoms with Crippen molar-refractivity contribution < 1.29 is 19.4 Å². The normalized spacial score (nSPS) is 5.92. The van der Waals surface area contributed by atoms with Gasteiger partial charge in [0.1, 0.15) is 0 Å². The van der Waals surface area contributed by atoms with Crippen LogP contribution in [0.25, 0.3) is 0 Å². The van der Waals surface area contributed by atoms with E-state index in [1.54, 1.807) is 0 Å². The van der Waals surface area contributed by atoms with Crippen LogP contribution in [0.5, 0.6) is 0 Å². The number of methoxy groups -OCH3 is 1. The van der Waals surface area contributed by atoms with Crippen LogP contribution in [0.1, 0.15) is 6.92 Å². The molecular formula is C5H13NNa2O4. The molecule has 0 aliphatic rings. The zero-order valence-corrected chi connectivity index (χ0v) is 5.96. The average molecular weight is 197 g/mol. The van der Waals surface area contributed by atoms with Gasteiger partial charge in [0.25, 0.3) is 5.97 Å². The summed E-state index contributed by atoms with van der Waals surface area (Å²) >= 11 is 0. The van der Waals surface area contributed by atoms with E-state index in [1.807, 2.05) is 0 Å². The van der Waals surface area contributed by atoms with E-state index in [4.69, 9.17) is 15.6 Å². The van der Waals surface area contributed by atoms with Gasteiger partial charge >= 0.3 is 65.1 Å². The van der Waals surface area contributed by atoms with Gasteiger partial charge in [0, 0.05) is 6.92 Å². The third kappa shape index (κ3) is 44.5. The van der Waals surface area contributed by atoms with Crippen molar-refractivity contribution in [2.75, 3.05) is 13.7 Å². The fourth-order valence-corrected chi connectivity index (χ4v) is 0.0833. The van der Waals surface area contributed by atoms with Gasteiger partial charge in [0.2, 0.25) is 0 Å². The summed E-state index contributed by atoms with van der Waals surface area (Å²) in [6.07, 6.45) is 0. The maximum absolute atomic E-state index is 9.83. The molecule has 0 aromatic carbocycles. The predicted octanol–water partition coefficient (Wildman–Crippen LogP) is -2.09. The Morgan fingerprint density at radius 1 is 1.42 bits per heavy atom. The van der Waals surface area contributed by atoms with Crippen LogP contribution in [0.4, 0.5) is 0 Å². The van der Waals surface area contributed by atoms with E-state index in [1.165, 1.54) is 7.11 Å². The van der Waals surface area contributed by atoms with E-state index in [2.05, 4.69) is 4.74 Å². The zero-order valence-electron chi connectivity index (χ0n) is 5.96. The van der Waals surface area contributed by atoms with E-state index in [0.717, 1.165) is 6.92 Å². The van der Waals surface area contributed by atoms with Crippen molar-refractivity contribution in [1.29, 1.82) is 0 Å². The first kappa shape index (κ1) is 23.1. The Hall–Kier alpha value is 0.900. The first-order valence-electron chi connectivity index (χ1n) is 2.51. The number of nitrogens with two attached hydrogens (primary N) is 1. The Balaban J connectivity index is -0.0000000483. The van der Waals surface area contributed by atoms with Gasteiger partial charge in [-0.25, -0.2) is 0 Å². The molecule has 0 spiro atoms. The summed E-state index contributed by atoms with van der Waals surface area (Å²) in [5, 5.41) is 7.42. The molecular weight excluding hydrogens is 184 g/mol. The molecule has 0 atom stereocenters. The Bertz CT molecular complexity index is 110. The molecule has 0 aliphatic heterocycles. The molecule has 0 unspecified atom stereocenters. The predicted molar refractivity (Wildman–Crippen MR) is 48.7 cm³/mol. The molecule has 0 bridgehead atoms. The molecule has 0 saturated carbocycles. The Kier molecular flexibility index (Phi) is 34.3. The number of ether oxygens (including phenoxy) is 1. The van der Waals surface area contributed by atoms with Gasteiger partial charge in [-0.15, -0.1) is 0 Å². The summed E-state index contributed by atoms with van der Waals surface area (Å²) in [4.78, 5) is 18.8. The van der Waals surface area contributed by atoms with Crippen molar-refractivity contribution in [2.45, 2.75) is 6.92 Å². The summed E-state index contributed by atoms with van der Waals surface area (Å²) in [7, 11) is 1.30. The van der Waals surface area contributed by atoms with Gasteiger partial charge in [-0.3, -0.25) is 9.59 Å². The van der Waals surface area contributed by atoms with E-state index in [0.29, 0.717) is 0 Å². The van der Waals surface area contributed by atoms with Crippen LogP contribution < -0.4 is 5.73 Å². The molecule has 64 valence electrons. The molecule has 7 heteroatoms.